The predicted molar refractivity (Wildman–Crippen MR) is 161 cm³/mol. The van der Waals surface area contributed by atoms with E-state index in [1.54, 1.807) is 66.7 Å². The van der Waals surface area contributed by atoms with Gasteiger partial charge in [-0.15, -0.1) is 12.4 Å². The van der Waals surface area contributed by atoms with Crippen LogP contribution in [0.1, 0.15) is 23.1 Å². The van der Waals surface area contributed by atoms with Crippen LogP contribution in [0.5, 0.6) is 5.75 Å². The number of aromatic hydroxyl groups is 1. The van der Waals surface area contributed by atoms with Gasteiger partial charge in [-0.1, -0.05) is 54.6 Å². The third-order valence-corrected chi connectivity index (χ3v) is 7.03. The molecule has 0 fully saturated rings. The van der Waals surface area contributed by atoms with Gasteiger partial charge in [0.1, 0.15) is 17.5 Å². The first-order valence-electron chi connectivity index (χ1n) is 13.2. The zero-order chi connectivity index (χ0) is 28.9. The van der Waals surface area contributed by atoms with Gasteiger partial charge in [-0.3, -0.25) is 19.3 Å². The molecule has 3 amide bonds. The lowest BCUT2D eigenvalue weighted by atomic mass is 10.0. The summed E-state index contributed by atoms with van der Waals surface area (Å²) in [6, 6.07) is 26.7. The standard InChI is InChI=1S/C32H29FN4O4.ClH/c33-27-6-2-1-5-23(27)19-35-30(39)17-26-31(40)36(20-22-11-15-25(38)16-12-22)28-7-3-4-8-29(28)37(32(26)41)24-13-9-21(18-34)10-14-24;/h1-16,26,38H,17-20,34H2,(H,35,39);1H. The van der Waals surface area contributed by atoms with E-state index in [4.69, 9.17) is 5.73 Å². The van der Waals surface area contributed by atoms with Gasteiger partial charge in [0, 0.05) is 30.8 Å². The van der Waals surface area contributed by atoms with Crippen molar-refractivity contribution in [2.75, 3.05) is 9.80 Å². The quantitative estimate of drug-likeness (QED) is 0.252. The lowest BCUT2D eigenvalue weighted by Crippen LogP contribution is -2.43. The molecule has 1 atom stereocenters. The molecule has 0 radical (unpaired) electrons. The smallest absolute Gasteiger partial charge is 0.244 e. The van der Waals surface area contributed by atoms with Gasteiger partial charge in [0.2, 0.25) is 17.7 Å². The molecule has 216 valence electrons. The number of phenolic OH excluding ortho intramolecular Hbond substituents is 1. The van der Waals surface area contributed by atoms with Crippen LogP contribution in [0, 0.1) is 11.7 Å². The van der Waals surface area contributed by atoms with Crippen LogP contribution in [0.3, 0.4) is 0 Å². The number of nitrogens with zero attached hydrogens (tertiary/aromatic N) is 2. The topological polar surface area (TPSA) is 116 Å². The van der Waals surface area contributed by atoms with Crippen molar-refractivity contribution in [1.82, 2.24) is 5.32 Å². The molecule has 1 aliphatic rings. The fraction of sp³-hybridized carbons (Fsp3) is 0.156. The van der Waals surface area contributed by atoms with E-state index in [-0.39, 0.29) is 31.2 Å². The number of amides is 3. The summed E-state index contributed by atoms with van der Waals surface area (Å²) in [5.41, 5.74) is 9.16. The molecule has 0 spiro atoms. The first-order chi connectivity index (χ1) is 19.9. The Kier molecular flexibility index (Phi) is 9.57. The molecule has 0 aromatic heterocycles. The fourth-order valence-electron chi connectivity index (χ4n) is 4.83. The van der Waals surface area contributed by atoms with Gasteiger partial charge in [-0.2, -0.15) is 0 Å². The van der Waals surface area contributed by atoms with Crippen LogP contribution in [-0.2, 0) is 34.0 Å². The largest absolute Gasteiger partial charge is 0.508 e. The van der Waals surface area contributed by atoms with Gasteiger partial charge in [0.15, 0.2) is 0 Å². The molecule has 5 rings (SSSR count). The van der Waals surface area contributed by atoms with E-state index in [0.717, 1.165) is 11.1 Å². The Morgan fingerprint density at radius 2 is 1.45 bits per heavy atom. The molecule has 42 heavy (non-hydrogen) atoms. The maximum Gasteiger partial charge on any atom is 0.244 e. The Hall–Kier alpha value is -4.73. The number of halogens is 2. The van der Waals surface area contributed by atoms with Crippen LogP contribution < -0.4 is 20.9 Å². The Balaban J connectivity index is 0.00000405. The number of hydrogen-bond donors (Lipinski definition) is 3. The summed E-state index contributed by atoms with van der Waals surface area (Å²) in [5.74, 6) is -3.39. The molecule has 4 N–H and O–H groups in total. The van der Waals surface area contributed by atoms with Gasteiger partial charge in [0.25, 0.3) is 0 Å². The molecule has 0 saturated carbocycles. The fourth-order valence-corrected chi connectivity index (χ4v) is 4.83. The molecule has 0 aliphatic carbocycles. The first-order valence-corrected chi connectivity index (χ1v) is 13.2. The van der Waals surface area contributed by atoms with Crippen molar-refractivity contribution in [2.24, 2.45) is 11.7 Å². The Morgan fingerprint density at radius 1 is 0.833 bits per heavy atom. The summed E-state index contributed by atoms with van der Waals surface area (Å²) in [6.45, 7) is 0.355. The van der Waals surface area contributed by atoms with Crippen LogP contribution in [0.25, 0.3) is 0 Å². The highest BCUT2D eigenvalue weighted by Crippen LogP contribution is 2.40. The summed E-state index contributed by atoms with van der Waals surface area (Å²) in [5, 5.41) is 12.4. The highest BCUT2D eigenvalue weighted by Gasteiger charge is 2.42. The molecule has 1 aliphatic heterocycles. The molecule has 1 heterocycles. The molecule has 0 bridgehead atoms. The summed E-state index contributed by atoms with van der Waals surface area (Å²) in [7, 11) is 0. The van der Waals surface area contributed by atoms with Gasteiger partial charge < -0.3 is 21.1 Å². The zero-order valence-corrected chi connectivity index (χ0v) is 23.4. The molecular formula is C32H30ClFN4O4. The molecule has 4 aromatic rings. The highest BCUT2D eigenvalue weighted by molar-refractivity contribution is 6.21. The normalized spacial score (nSPS) is 14.6. The second-order valence-electron chi connectivity index (χ2n) is 9.75. The van der Waals surface area contributed by atoms with Gasteiger partial charge >= 0.3 is 0 Å². The molecular weight excluding hydrogens is 559 g/mol. The number of hydrogen-bond acceptors (Lipinski definition) is 5. The number of carbonyl (C=O) groups is 3. The third kappa shape index (κ3) is 6.43. The number of para-hydroxylation sites is 2. The third-order valence-electron chi connectivity index (χ3n) is 7.03. The van der Waals surface area contributed by atoms with E-state index in [2.05, 4.69) is 5.32 Å². The van der Waals surface area contributed by atoms with Crippen molar-refractivity contribution in [3.05, 3.63) is 120 Å². The average Bonchev–Trinajstić information content (AvgIpc) is 3.07. The lowest BCUT2D eigenvalue weighted by Gasteiger charge is -2.26. The summed E-state index contributed by atoms with van der Waals surface area (Å²) < 4.78 is 14.1. The Labute approximate surface area is 249 Å². The number of nitrogens with two attached hydrogens (primary N) is 1. The van der Waals surface area contributed by atoms with Gasteiger partial charge in [0.05, 0.1) is 17.9 Å². The summed E-state index contributed by atoms with van der Waals surface area (Å²) in [4.78, 5) is 44.3. The minimum atomic E-state index is -1.35. The lowest BCUT2D eigenvalue weighted by molar-refractivity contribution is -0.136. The minimum absolute atomic E-state index is 0. The number of phenols is 1. The zero-order valence-electron chi connectivity index (χ0n) is 22.6. The number of anilines is 3. The van der Waals surface area contributed by atoms with Crippen molar-refractivity contribution >= 4 is 47.2 Å². The van der Waals surface area contributed by atoms with Crippen molar-refractivity contribution in [2.45, 2.75) is 26.1 Å². The van der Waals surface area contributed by atoms with E-state index in [1.807, 2.05) is 12.1 Å². The van der Waals surface area contributed by atoms with E-state index >= 15 is 0 Å². The Bertz CT molecular complexity index is 1580. The summed E-state index contributed by atoms with van der Waals surface area (Å²) in [6.07, 6.45) is -0.427. The average molecular weight is 589 g/mol. The second kappa shape index (κ2) is 13.3. The molecule has 4 aromatic carbocycles. The van der Waals surface area contributed by atoms with E-state index in [9.17, 15) is 23.9 Å². The van der Waals surface area contributed by atoms with Crippen LogP contribution in [0.2, 0.25) is 0 Å². The van der Waals surface area contributed by atoms with Gasteiger partial charge in [-0.05, 0) is 53.6 Å². The number of benzene rings is 4. The minimum Gasteiger partial charge on any atom is -0.508 e. The monoisotopic (exact) mass is 588 g/mol. The molecule has 0 saturated heterocycles. The number of nitrogens with one attached hydrogen (secondary N) is 1. The number of carbonyl (C=O) groups excluding carboxylic acids is 3. The highest BCUT2D eigenvalue weighted by atomic mass is 35.5. The van der Waals surface area contributed by atoms with Gasteiger partial charge in [-0.25, -0.2) is 4.39 Å². The molecule has 1 unspecified atom stereocenters. The molecule has 8 nitrogen and oxygen atoms in total. The van der Waals surface area contributed by atoms with E-state index in [1.165, 1.54) is 28.0 Å². The van der Waals surface area contributed by atoms with E-state index in [0.29, 0.717) is 29.2 Å². The Morgan fingerprint density at radius 3 is 2.12 bits per heavy atom. The van der Waals surface area contributed by atoms with E-state index < -0.39 is 35.9 Å². The first kappa shape index (κ1) is 30.2. The number of rotatable bonds is 8. The van der Waals surface area contributed by atoms with Crippen molar-refractivity contribution in [1.29, 1.82) is 0 Å². The van der Waals surface area contributed by atoms with Crippen LogP contribution >= 0.6 is 12.4 Å². The SMILES string of the molecule is Cl.NCc1ccc(N2C(=O)C(CC(=O)NCc3ccccc3F)C(=O)N(Cc3ccc(O)cc3)c3ccccc32)cc1. The van der Waals surface area contributed by atoms with Crippen LogP contribution in [-0.4, -0.2) is 22.8 Å². The van der Waals surface area contributed by atoms with Crippen LogP contribution in [0.4, 0.5) is 21.5 Å². The maximum absolute atomic E-state index is 14.2. The van der Waals surface area contributed by atoms with Crippen molar-refractivity contribution in [3.8, 4) is 5.75 Å². The summed E-state index contributed by atoms with van der Waals surface area (Å²) >= 11 is 0. The number of fused-ring (bicyclic) bond motifs is 1. The molecule has 10 heteroatoms. The predicted octanol–water partition coefficient (Wildman–Crippen LogP) is 4.95. The van der Waals surface area contributed by atoms with Crippen LogP contribution in [0.15, 0.2) is 97.1 Å². The second-order valence-corrected chi connectivity index (χ2v) is 9.75. The van der Waals surface area contributed by atoms with Crippen molar-refractivity contribution < 1.29 is 23.9 Å². The van der Waals surface area contributed by atoms with Crippen molar-refractivity contribution in [3.63, 3.8) is 0 Å². The maximum atomic E-state index is 14.2.